The summed E-state index contributed by atoms with van der Waals surface area (Å²) in [5.74, 6) is 2.49. The largest absolute Gasteiger partial charge is 0.497 e. The molecule has 0 bridgehead atoms. The van der Waals surface area contributed by atoms with Gasteiger partial charge in [0.2, 0.25) is 0 Å². The number of benzene rings is 2. The highest BCUT2D eigenvalue weighted by molar-refractivity contribution is 5.82. The van der Waals surface area contributed by atoms with Crippen molar-refractivity contribution in [1.82, 2.24) is 20.5 Å². The first-order valence-electron chi connectivity index (χ1n) is 11.4. The first kappa shape index (κ1) is 22.9. The number of guanidine groups is 1. The second-order valence-electron chi connectivity index (χ2n) is 8.33. The van der Waals surface area contributed by atoms with Gasteiger partial charge in [0.05, 0.1) is 19.7 Å². The van der Waals surface area contributed by atoms with Crippen molar-refractivity contribution in [2.75, 3.05) is 40.9 Å². The third-order valence-electron chi connectivity index (χ3n) is 6.06. The molecular formula is C26H33N5O2. The molecule has 3 aromatic rings. The summed E-state index contributed by atoms with van der Waals surface area (Å²) in [5.41, 5.74) is 3.51. The van der Waals surface area contributed by atoms with Crippen molar-refractivity contribution in [3.8, 4) is 11.5 Å². The molecule has 0 saturated carbocycles. The lowest BCUT2D eigenvalue weighted by Crippen LogP contribution is -2.45. The zero-order valence-corrected chi connectivity index (χ0v) is 19.7. The van der Waals surface area contributed by atoms with Crippen LogP contribution in [-0.4, -0.2) is 62.8 Å². The van der Waals surface area contributed by atoms with Gasteiger partial charge in [0, 0.05) is 56.9 Å². The van der Waals surface area contributed by atoms with Gasteiger partial charge in [-0.15, -0.1) is 0 Å². The first-order chi connectivity index (χ1) is 16.2. The Balaban J connectivity index is 1.27. The molecule has 174 valence electrons. The zero-order chi connectivity index (χ0) is 23.0. The minimum Gasteiger partial charge on any atom is -0.497 e. The van der Waals surface area contributed by atoms with Crippen molar-refractivity contribution in [2.45, 2.75) is 25.4 Å². The predicted octanol–water partition coefficient (Wildman–Crippen LogP) is 3.23. The molecule has 1 aromatic heterocycles. The van der Waals surface area contributed by atoms with E-state index in [4.69, 9.17) is 9.47 Å². The van der Waals surface area contributed by atoms with Gasteiger partial charge in [-0.1, -0.05) is 24.3 Å². The number of nitrogens with one attached hydrogen (secondary N) is 2. The molecular weight excluding hydrogens is 414 g/mol. The average molecular weight is 448 g/mol. The maximum atomic E-state index is 5.40. The van der Waals surface area contributed by atoms with E-state index in [1.165, 1.54) is 16.5 Å². The molecule has 0 amide bonds. The summed E-state index contributed by atoms with van der Waals surface area (Å²) in [6.45, 7) is 3.67. The van der Waals surface area contributed by atoms with E-state index in [9.17, 15) is 0 Å². The van der Waals surface area contributed by atoms with Crippen molar-refractivity contribution in [1.29, 1.82) is 0 Å². The van der Waals surface area contributed by atoms with Crippen LogP contribution in [0.3, 0.4) is 0 Å². The summed E-state index contributed by atoms with van der Waals surface area (Å²) in [5, 5.41) is 8.22. The molecule has 7 nitrogen and oxygen atoms in total. The average Bonchev–Trinajstić information content (AvgIpc) is 3.29. The predicted molar refractivity (Wildman–Crippen MR) is 133 cm³/mol. The van der Waals surface area contributed by atoms with Gasteiger partial charge >= 0.3 is 0 Å². The van der Waals surface area contributed by atoms with Crippen LogP contribution in [0, 0.1) is 0 Å². The molecule has 2 aromatic carbocycles. The molecule has 7 heteroatoms. The van der Waals surface area contributed by atoms with Gasteiger partial charge in [0.25, 0.3) is 0 Å². The maximum absolute atomic E-state index is 5.40. The topological polar surface area (TPSA) is 71.0 Å². The quantitative estimate of drug-likeness (QED) is 0.408. The summed E-state index contributed by atoms with van der Waals surface area (Å²) in [6.07, 6.45) is 3.83. The molecule has 0 spiro atoms. The number of likely N-dealkylation sites (tertiary alicyclic amines) is 1. The third-order valence-corrected chi connectivity index (χ3v) is 6.06. The zero-order valence-electron chi connectivity index (χ0n) is 19.7. The van der Waals surface area contributed by atoms with Crippen molar-refractivity contribution in [3.63, 3.8) is 0 Å². The second-order valence-corrected chi connectivity index (χ2v) is 8.33. The lowest BCUT2D eigenvalue weighted by Gasteiger charge is -2.19. The standard InChI is InChI=1S/C26H33N5O2/c1-27-26(29-12-9-21-7-4-6-20-8-5-11-28-25(20)21)30-22-10-13-31(18-22)17-19-14-23(32-2)16-24(15-19)33-3/h4-8,11,14-16,22H,9-10,12-13,17-18H2,1-3H3,(H2,27,29,30). The Kier molecular flexibility index (Phi) is 7.62. The van der Waals surface area contributed by atoms with E-state index in [0.29, 0.717) is 6.04 Å². The Bertz CT molecular complexity index is 1070. The van der Waals surface area contributed by atoms with Crippen molar-refractivity contribution in [3.05, 3.63) is 65.9 Å². The van der Waals surface area contributed by atoms with Gasteiger partial charge < -0.3 is 20.1 Å². The summed E-state index contributed by atoms with van der Waals surface area (Å²) < 4.78 is 10.8. The summed E-state index contributed by atoms with van der Waals surface area (Å²) >= 11 is 0. The molecule has 33 heavy (non-hydrogen) atoms. The normalized spacial score (nSPS) is 16.7. The van der Waals surface area contributed by atoms with Crippen LogP contribution in [0.5, 0.6) is 11.5 Å². The van der Waals surface area contributed by atoms with Crippen molar-refractivity contribution in [2.24, 2.45) is 4.99 Å². The van der Waals surface area contributed by atoms with E-state index in [1.54, 1.807) is 14.2 Å². The Hall–Kier alpha value is -3.32. The summed E-state index contributed by atoms with van der Waals surface area (Å²) in [4.78, 5) is 11.4. The molecule has 1 saturated heterocycles. The number of methoxy groups -OCH3 is 2. The highest BCUT2D eigenvalue weighted by atomic mass is 16.5. The number of hydrogen-bond donors (Lipinski definition) is 2. The van der Waals surface area contributed by atoms with Crippen LogP contribution in [0.2, 0.25) is 0 Å². The van der Waals surface area contributed by atoms with Crippen LogP contribution in [-0.2, 0) is 13.0 Å². The van der Waals surface area contributed by atoms with E-state index >= 15 is 0 Å². The number of aliphatic imine (C=N–C) groups is 1. The van der Waals surface area contributed by atoms with Gasteiger partial charge in [-0.3, -0.25) is 14.9 Å². The van der Waals surface area contributed by atoms with Crippen molar-refractivity contribution >= 4 is 16.9 Å². The van der Waals surface area contributed by atoms with E-state index in [1.807, 2.05) is 25.4 Å². The van der Waals surface area contributed by atoms with Gasteiger partial charge in [0.15, 0.2) is 5.96 Å². The van der Waals surface area contributed by atoms with Crippen LogP contribution in [0.25, 0.3) is 10.9 Å². The van der Waals surface area contributed by atoms with Crippen LogP contribution < -0.4 is 20.1 Å². The number of fused-ring (bicyclic) bond motifs is 1. The number of ether oxygens (including phenoxy) is 2. The van der Waals surface area contributed by atoms with Crippen molar-refractivity contribution < 1.29 is 9.47 Å². The molecule has 1 atom stereocenters. The molecule has 1 fully saturated rings. The maximum Gasteiger partial charge on any atom is 0.191 e. The third kappa shape index (κ3) is 5.93. The fraction of sp³-hybridized carbons (Fsp3) is 0.385. The minimum absolute atomic E-state index is 0.364. The molecule has 1 aliphatic rings. The number of hydrogen-bond acceptors (Lipinski definition) is 5. The molecule has 2 heterocycles. The lowest BCUT2D eigenvalue weighted by molar-refractivity contribution is 0.321. The van der Waals surface area contributed by atoms with Gasteiger partial charge in [0.1, 0.15) is 11.5 Å². The highest BCUT2D eigenvalue weighted by Crippen LogP contribution is 2.24. The SMILES string of the molecule is CN=C(NCCc1cccc2cccnc12)NC1CCN(Cc2cc(OC)cc(OC)c2)C1. The van der Waals surface area contributed by atoms with E-state index in [-0.39, 0.29) is 0 Å². The van der Waals surface area contributed by atoms with Gasteiger partial charge in [-0.05, 0) is 42.2 Å². The Labute approximate surface area is 195 Å². The van der Waals surface area contributed by atoms with Gasteiger partial charge in [-0.25, -0.2) is 0 Å². The van der Waals surface area contributed by atoms with Crippen LogP contribution >= 0.6 is 0 Å². The molecule has 2 N–H and O–H groups in total. The monoisotopic (exact) mass is 447 g/mol. The fourth-order valence-corrected chi connectivity index (χ4v) is 4.38. The van der Waals surface area contributed by atoms with E-state index in [0.717, 1.165) is 62.0 Å². The molecule has 0 aliphatic carbocycles. The number of para-hydroxylation sites is 1. The minimum atomic E-state index is 0.364. The number of nitrogens with zero attached hydrogens (tertiary/aromatic N) is 3. The second kappa shape index (κ2) is 11.0. The van der Waals surface area contributed by atoms with Crippen LogP contribution in [0.1, 0.15) is 17.5 Å². The summed E-state index contributed by atoms with van der Waals surface area (Å²) in [7, 11) is 5.19. The first-order valence-corrected chi connectivity index (χ1v) is 11.4. The number of rotatable bonds is 8. The molecule has 1 unspecified atom stereocenters. The van der Waals surface area contributed by atoms with Crippen LogP contribution in [0.15, 0.2) is 59.7 Å². The highest BCUT2D eigenvalue weighted by Gasteiger charge is 2.23. The lowest BCUT2D eigenvalue weighted by atomic mass is 10.1. The molecule has 0 radical (unpaired) electrons. The fourth-order valence-electron chi connectivity index (χ4n) is 4.38. The molecule has 1 aliphatic heterocycles. The van der Waals surface area contributed by atoms with Crippen LogP contribution in [0.4, 0.5) is 0 Å². The number of aromatic nitrogens is 1. The Morgan fingerprint density at radius 3 is 2.67 bits per heavy atom. The summed E-state index contributed by atoms with van der Waals surface area (Å²) in [6, 6.07) is 16.8. The van der Waals surface area contributed by atoms with E-state index in [2.05, 4.69) is 61.9 Å². The Morgan fingerprint density at radius 2 is 1.91 bits per heavy atom. The molecule has 4 rings (SSSR count). The van der Waals surface area contributed by atoms with Gasteiger partial charge in [-0.2, -0.15) is 0 Å². The Morgan fingerprint density at radius 1 is 1.12 bits per heavy atom. The smallest absolute Gasteiger partial charge is 0.191 e. The number of pyridine rings is 1. The van der Waals surface area contributed by atoms with E-state index < -0.39 is 0 Å².